The number of ether oxygens (including phenoxy) is 2. The molecule has 2 aliphatic heterocycles. The number of rotatable bonds is 4. The standard InChI is InChI=1S/C17H23N5O5/c1-15(2)16(24)10(5-23)27-14(17(15,16)25)22-8-20-11-12(18-7-19-13(11)22)21-9-3-4-26-6-9/h7-10,14,23-25H,3-6H2,1-2H3,(H,18,19,21)/t9-,10-,14-,16+,17-/m1/s1. The Kier molecular flexibility index (Phi) is 3.43. The molecule has 0 aromatic carbocycles. The highest BCUT2D eigenvalue weighted by molar-refractivity contribution is 5.83. The summed E-state index contributed by atoms with van der Waals surface area (Å²) in [5.74, 6) is 0.586. The Bertz CT molecular complexity index is 897. The summed E-state index contributed by atoms with van der Waals surface area (Å²) in [6.45, 7) is 4.43. The van der Waals surface area contributed by atoms with Crippen LogP contribution in [-0.4, -0.2) is 78.0 Å². The molecule has 3 fully saturated rings. The topological polar surface area (TPSA) is 135 Å². The van der Waals surface area contributed by atoms with Crippen LogP contribution in [0.4, 0.5) is 5.82 Å². The Labute approximate surface area is 155 Å². The van der Waals surface area contributed by atoms with Gasteiger partial charge in [-0.15, -0.1) is 0 Å². The van der Waals surface area contributed by atoms with Gasteiger partial charge in [0, 0.05) is 12.0 Å². The summed E-state index contributed by atoms with van der Waals surface area (Å²) in [5.41, 5.74) is -2.91. The molecule has 10 heteroatoms. The molecule has 5 rings (SSSR count). The van der Waals surface area contributed by atoms with Crippen molar-refractivity contribution in [2.75, 3.05) is 25.1 Å². The molecule has 2 saturated heterocycles. The summed E-state index contributed by atoms with van der Waals surface area (Å²) in [6.07, 6.45) is 2.02. The molecule has 0 bridgehead atoms. The highest BCUT2D eigenvalue weighted by Gasteiger charge is 2.92. The number of aromatic nitrogens is 4. The van der Waals surface area contributed by atoms with Gasteiger partial charge in [0.25, 0.3) is 0 Å². The highest BCUT2D eigenvalue weighted by atomic mass is 16.6. The van der Waals surface area contributed by atoms with Crippen molar-refractivity contribution in [2.45, 2.75) is 49.8 Å². The third-order valence-corrected chi connectivity index (χ3v) is 6.59. The van der Waals surface area contributed by atoms with Crippen molar-refractivity contribution in [3.8, 4) is 0 Å². The van der Waals surface area contributed by atoms with Crippen LogP contribution in [0.15, 0.2) is 12.7 Å². The number of imidazole rings is 1. The van der Waals surface area contributed by atoms with E-state index in [1.54, 1.807) is 18.4 Å². The second kappa shape index (κ2) is 5.36. The van der Waals surface area contributed by atoms with Gasteiger partial charge in [0.05, 0.1) is 25.6 Å². The predicted molar refractivity (Wildman–Crippen MR) is 92.8 cm³/mol. The normalized spacial score (nSPS) is 39.7. The average Bonchev–Trinajstić information content (AvgIpc) is 3.23. The number of nitrogens with one attached hydrogen (secondary N) is 1. The molecule has 146 valence electrons. The summed E-state index contributed by atoms with van der Waals surface area (Å²) in [7, 11) is 0. The zero-order chi connectivity index (χ0) is 19.0. The third-order valence-electron chi connectivity index (χ3n) is 6.59. The SMILES string of the molecule is CC1(C)[C@]2(O)[C@H](n3cnc4c(N[C@@H]5CCOC5)ncnc43)O[C@H](CO)[C@]12O. The Morgan fingerprint density at radius 2 is 2.07 bits per heavy atom. The second-order valence-electron chi connectivity index (χ2n) is 8.07. The lowest BCUT2D eigenvalue weighted by Crippen LogP contribution is -2.36. The third kappa shape index (κ3) is 1.89. The monoisotopic (exact) mass is 377 g/mol. The van der Waals surface area contributed by atoms with Gasteiger partial charge in [-0.2, -0.15) is 0 Å². The Morgan fingerprint density at radius 1 is 1.26 bits per heavy atom. The van der Waals surface area contributed by atoms with Crippen molar-refractivity contribution in [2.24, 2.45) is 5.41 Å². The zero-order valence-corrected chi connectivity index (χ0v) is 15.2. The molecule has 4 heterocycles. The predicted octanol–water partition coefficient (Wildman–Crippen LogP) is -0.581. The first-order valence-corrected chi connectivity index (χ1v) is 9.09. The van der Waals surface area contributed by atoms with Crippen LogP contribution in [-0.2, 0) is 9.47 Å². The second-order valence-corrected chi connectivity index (χ2v) is 8.07. The van der Waals surface area contributed by atoms with Crippen LogP contribution in [0, 0.1) is 5.41 Å². The number of hydrogen-bond acceptors (Lipinski definition) is 9. The van der Waals surface area contributed by atoms with E-state index in [9.17, 15) is 15.3 Å². The van der Waals surface area contributed by atoms with Crippen LogP contribution in [0.5, 0.6) is 0 Å². The van der Waals surface area contributed by atoms with E-state index in [2.05, 4.69) is 20.3 Å². The molecule has 10 nitrogen and oxygen atoms in total. The van der Waals surface area contributed by atoms with Gasteiger partial charge >= 0.3 is 0 Å². The van der Waals surface area contributed by atoms with Crippen LogP contribution in [0.1, 0.15) is 26.5 Å². The van der Waals surface area contributed by atoms with E-state index in [1.807, 2.05) is 0 Å². The van der Waals surface area contributed by atoms with Crippen LogP contribution >= 0.6 is 0 Å². The molecule has 0 unspecified atom stereocenters. The maximum Gasteiger partial charge on any atom is 0.169 e. The van der Waals surface area contributed by atoms with E-state index in [-0.39, 0.29) is 6.04 Å². The van der Waals surface area contributed by atoms with Crippen molar-refractivity contribution in [1.82, 2.24) is 19.5 Å². The Morgan fingerprint density at radius 3 is 2.74 bits per heavy atom. The molecule has 1 saturated carbocycles. The number of fused-ring (bicyclic) bond motifs is 2. The molecular formula is C17H23N5O5. The van der Waals surface area contributed by atoms with Gasteiger partial charge in [0.1, 0.15) is 23.6 Å². The Hall–Kier alpha value is -1.85. The van der Waals surface area contributed by atoms with Gasteiger partial charge < -0.3 is 30.1 Å². The van der Waals surface area contributed by atoms with Gasteiger partial charge in [0.15, 0.2) is 23.2 Å². The largest absolute Gasteiger partial charge is 0.394 e. The van der Waals surface area contributed by atoms with E-state index in [1.165, 1.54) is 12.7 Å². The number of nitrogens with zero attached hydrogens (tertiary/aromatic N) is 4. The molecule has 0 radical (unpaired) electrons. The molecule has 3 aliphatic rings. The van der Waals surface area contributed by atoms with Crippen LogP contribution in [0.2, 0.25) is 0 Å². The van der Waals surface area contributed by atoms with Gasteiger partial charge in [-0.3, -0.25) is 4.57 Å². The first-order chi connectivity index (χ1) is 12.9. The van der Waals surface area contributed by atoms with Crippen molar-refractivity contribution >= 4 is 17.0 Å². The highest BCUT2D eigenvalue weighted by Crippen LogP contribution is 2.75. The fourth-order valence-corrected chi connectivity index (χ4v) is 4.81. The number of aliphatic hydroxyl groups excluding tert-OH is 1. The molecule has 2 aromatic heterocycles. The zero-order valence-electron chi connectivity index (χ0n) is 15.2. The lowest BCUT2D eigenvalue weighted by atomic mass is 10.0. The fraction of sp³-hybridized carbons (Fsp3) is 0.706. The van der Waals surface area contributed by atoms with Crippen LogP contribution in [0.3, 0.4) is 0 Å². The molecule has 0 spiro atoms. The molecule has 0 amide bonds. The van der Waals surface area contributed by atoms with Crippen molar-refractivity contribution in [3.63, 3.8) is 0 Å². The molecular weight excluding hydrogens is 354 g/mol. The first-order valence-electron chi connectivity index (χ1n) is 9.09. The fourth-order valence-electron chi connectivity index (χ4n) is 4.81. The van der Waals surface area contributed by atoms with E-state index in [0.717, 1.165) is 6.42 Å². The summed E-state index contributed by atoms with van der Waals surface area (Å²) < 4.78 is 12.8. The minimum atomic E-state index is -1.56. The minimum absolute atomic E-state index is 0.159. The van der Waals surface area contributed by atoms with Gasteiger partial charge in [-0.1, -0.05) is 13.8 Å². The van der Waals surface area contributed by atoms with Crippen molar-refractivity contribution < 1.29 is 24.8 Å². The smallest absolute Gasteiger partial charge is 0.169 e. The van der Waals surface area contributed by atoms with E-state index < -0.39 is 35.6 Å². The summed E-state index contributed by atoms with van der Waals surface area (Å²) in [6, 6.07) is 0.159. The quantitative estimate of drug-likeness (QED) is 0.552. The summed E-state index contributed by atoms with van der Waals surface area (Å²) in [5, 5.41) is 35.2. The molecule has 1 aliphatic carbocycles. The average molecular weight is 377 g/mol. The van der Waals surface area contributed by atoms with Crippen LogP contribution < -0.4 is 5.32 Å². The number of hydrogen-bond donors (Lipinski definition) is 4. The molecule has 2 aromatic rings. The lowest BCUT2D eigenvalue weighted by molar-refractivity contribution is -0.123. The van der Waals surface area contributed by atoms with Gasteiger partial charge in [-0.25, -0.2) is 15.0 Å². The maximum absolute atomic E-state index is 11.2. The molecule has 27 heavy (non-hydrogen) atoms. The summed E-state index contributed by atoms with van der Waals surface area (Å²) >= 11 is 0. The van der Waals surface area contributed by atoms with Crippen molar-refractivity contribution in [3.05, 3.63) is 12.7 Å². The minimum Gasteiger partial charge on any atom is -0.394 e. The summed E-state index contributed by atoms with van der Waals surface area (Å²) in [4.78, 5) is 13.0. The number of anilines is 1. The van der Waals surface area contributed by atoms with E-state index in [0.29, 0.717) is 30.2 Å². The van der Waals surface area contributed by atoms with Gasteiger partial charge in [0.2, 0.25) is 0 Å². The van der Waals surface area contributed by atoms with E-state index >= 15 is 0 Å². The maximum atomic E-state index is 11.2. The molecule has 5 atom stereocenters. The Balaban J connectivity index is 1.55. The van der Waals surface area contributed by atoms with Crippen LogP contribution in [0.25, 0.3) is 11.2 Å². The lowest BCUT2D eigenvalue weighted by Gasteiger charge is -2.26. The van der Waals surface area contributed by atoms with Crippen molar-refractivity contribution in [1.29, 1.82) is 0 Å². The van der Waals surface area contributed by atoms with E-state index in [4.69, 9.17) is 9.47 Å². The molecule has 4 N–H and O–H groups in total. The first kappa shape index (κ1) is 17.3. The van der Waals surface area contributed by atoms with Gasteiger partial charge in [-0.05, 0) is 6.42 Å². The number of aliphatic hydroxyl groups is 3.